The Balaban J connectivity index is 1.77. The summed E-state index contributed by atoms with van der Waals surface area (Å²) in [5, 5.41) is 24.3. The first-order valence-electron chi connectivity index (χ1n) is 12.1. The Kier molecular flexibility index (Phi) is 6.83. The Labute approximate surface area is 213 Å². The van der Waals surface area contributed by atoms with E-state index in [1.54, 1.807) is 32.3 Å². The van der Waals surface area contributed by atoms with Crippen LogP contribution in [0.4, 0.5) is 11.4 Å². The molecule has 0 N–H and O–H groups in total. The van der Waals surface area contributed by atoms with Crippen molar-refractivity contribution < 1.29 is 9.85 Å². The second-order valence-electron chi connectivity index (χ2n) is 10.8. The van der Waals surface area contributed by atoms with Gasteiger partial charge in [0.1, 0.15) is 5.56 Å². The predicted molar refractivity (Wildman–Crippen MR) is 139 cm³/mol. The second kappa shape index (κ2) is 9.41. The molecular weight excluding hydrogens is 512 g/mol. The van der Waals surface area contributed by atoms with E-state index in [2.05, 4.69) is 34.8 Å². The number of rotatable bonds is 6. The highest BCUT2D eigenvalue weighted by atomic mass is 79.9. The van der Waals surface area contributed by atoms with Crippen molar-refractivity contribution in [3.8, 4) is 0 Å². The zero-order valence-corrected chi connectivity index (χ0v) is 22.2. The van der Waals surface area contributed by atoms with Crippen LogP contribution in [0.1, 0.15) is 81.5 Å². The van der Waals surface area contributed by atoms with Gasteiger partial charge in [-0.1, -0.05) is 34.1 Å². The lowest BCUT2D eigenvalue weighted by atomic mass is 9.49. The fourth-order valence-electron chi connectivity index (χ4n) is 6.71. The maximum atomic E-state index is 12.2. The number of nitro groups is 2. The van der Waals surface area contributed by atoms with Crippen molar-refractivity contribution in [2.75, 3.05) is 6.54 Å². The number of hydrogen-bond donors (Lipinski definition) is 0. The molecule has 3 atom stereocenters. The third-order valence-electron chi connectivity index (χ3n) is 8.15. The van der Waals surface area contributed by atoms with Crippen LogP contribution in [0.3, 0.4) is 0 Å². The molecule has 0 saturated heterocycles. The van der Waals surface area contributed by atoms with E-state index in [-0.39, 0.29) is 39.6 Å². The van der Waals surface area contributed by atoms with E-state index < -0.39 is 9.85 Å². The minimum Gasteiger partial charge on any atom is -0.292 e. The highest BCUT2D eigenvalue weighted by Gasteiger charge is 2.54. The molecule has 4 rings (SSSR count). The van der Waals surface area contributed by atoms with Gasteiger partial charge in [0.05, 0.1) is 9.85 Å². The van der Waals surface area contributed by atoms with Crippen molar-refractivity contribution in [2.24, 2.45) is 16.3 Å². The maximum absolute atomic E-state index is 12.2. The third kappa shape index (κ3) is 4.50. The number of aliphatic imine (C=N–C) groups is 1. The molecule has 1 saturated carbocycles. The van der Waals surface area contributed by atoms with Gasteiger partial charge >= 0.3 is 0 Å². The standard InChI is InChI=1S/C26H31BrN4O4/c1-16(2)23-21(30(32)33)11-20-19(24(23)31(34)35)6-7-22-25(3,8-5-9-26(20,22)4)15-29-13-17-10-18(27)14-28-12-17/h10-14,16,22H,5-9,15H2,1-4H3. The first-order chi connectivity index (χ1) is 16.5. The van der Waals surface area contributed by atoms with Gasteiger partial charge in [0.2, 0.25) is 0 Å². The van der Waals surface area contributed by atoms with Crippen LogP contribution in [-0.2, 0) is 11.8 Å². The molecule has 1 heterocycles. The van der Waals surface area contributed by atoms with Crippen LogP contribution in [0.5, 0.6) is 0 Å². The van der Waals surface area contributed by atoms with Crippen LogP contribution in [0.15, 0.2) is 34.0 Å². The molecule has 35 heavy (non-hydrogen) atoms. The Hall–Kier alpha value is -2.68. The normalized spacial score (nSPS) is 25.9. The lowest BCUT2D eigenvalue weighted by molar-refractivity contribution is -0.396. The van der Waals surface area contributed by atoms with Crippen molar-refractivity contribution in [3.63, 3.8) is 0 Å². The van der Waals surface area contributed by atoms with Crippen molar-refractivity contribution in [1.29, 1.82) is 0 Å². The summed E-state index contributed by atoms with van der Waals surface area (Å²) in [5.41, 5.74) is 1.99. The van der Waals surface area contributed by atoms with E-state index in [9.17, 15) is 20.2 Å². The van der Waals surface area contributed by atoms with Gasteiger partial charge in [0.25, 0.3) is 11.4 Å². The van der Waals surface area contributed by atoms with Crippen LogP contribution in [0.25, 0.3) is 0 Å². The molecular formula is C26H31BrN4O4. The number of hydrogen-bond acceptors (Lipinski definition) is 6. The number of nitro benzene ring substituents is 2. The lowest BCUT2D eigenvalue weighted by Crippen LogP contribution is -2.50. The molecule has 2 aliphatic rings. The van der Waals surface area contributed by atoms with Gasteiger partial charge in [0.15, 0.2) is 0 Å². The summed E-state index contributed by atoms with van der Waals surface area (Å²) in [6.07, 6.45) is 9.51. The summed E-state index contributed by atoms with van der Waals surface area (Å²) < 4.78 is 0.894. The maximum Gasteiger partial charge on any atom is 0.283 e. The summed E-state index contributed by atoms with van der Waals surface area (Å²) in [6.45, 7) is 8.60. The van der Waals surface area contributed by atoms with E-state index in [1.165, 1.54) is 0 Å². The van der Waals surface area contributed by atoms with Crippen molar-refractivity contribution in [1.82, 2.24) is 4.98 Å². The molecule has 2 aromatic rings. The van der Waals surface area contributed by atoms with E-state index in [0.29, 0.717) is 18.5 Å². The average Bonchev–Trinajstić information content (AvgIpc) is 2.77. The molecule has 1 aromatic heterocycles. The van der Waals surface area contributed by atoms with Gasteiger partial charge in [-0.25, -0.2) is 0 Å². The van der Waals surface area contributed by atoms with E-state index in [4.69, 9.17) is 4.99 Å². The van der Waals surface area contributed by atoms with E-state index >= 15 is 0 Å². The Morgan fingerprint density at radius 3 is 2.57 bits per heavy atom. The summed E-state index contributed by atoms with van der Waals surface area (Å²) in [4.78, 5) is 32.4. The topological polar surface area (TPSA) is 112 Å². The zero-order chi connectivity index (χ0) is 25.5. The predicted octanol–water partition coefficient (Wildman–Crippen LogP) is 6.91. The van der Waals surface area contributed by atoms with Crippen LogP contribution in [0, 0.1) is 31.6 Å². The average molecular weight is 543 g/mol. The molecule has 0 spiro atoms. The molecule has 2 aliphatic carbocycles. The molecule has 0 aliphatic heterocycles. The fourth-order valence-corrected chi connectivity index (χ4v) is 7.09. The highest BCUT2D eigenvalue weighted by Crippen LogP contribution is 2.59. The van der Waals surface area contributed by atoms with Crippen LogP contribution in [-0.4, -0.2) is 27.6 Å². The van der Waals surface area contributed by atoms with Gasteiger partial charge in [-0.2, -0.15) is 0 Å². The van der Waals surface area contributed by atoms with Crippen LogP contribution < -0.4 is 0 Å². The number of benzene rings is 1. The molecule has 0 radical (unpaired) electrons. The zero-order valence-electron chi connectivity index (χ0n) is 20.6. The van der Waals surface area contributed by atoms with Gasteiger partial charge in [-0.05, 0) is 75.9 Å². The molecule has 9 heteroatoms. The Morgan fingerprint density at radius 2 is 1.94 bits per heavy atom. The summed E-state index contributed by atoms with van der Waals surface area (Å²) in [7, 11) is 0. The number of pyridine rings is 1. The number of nitrogens with zero attached hydrogens (tertiary/aromatic N) is 4. The smallest absolute Gasteiger partial charge is 0.283 e. The first-order valence-corrected chi connectivity index (χ1v) is 12.9. The molecule has 0 amide bonds. The Morgan fingerprint density at radius 1 is 1.20 bits per heavy atom. The van der Waals surface area contributed by atoms with Crippen molar-refractivity contribution in [2.45, 2.75) is 71.1 Å². The monoisotopic (exact) mass is 542 g/mol. The summed E-state index contributed by atoms with van der Waals surface area (Å²) in [5.74, 6) is -0.0942. The van der Waals surface area contributed by atoms with E-state index in [0.717, 1.165) is 41.3 Å². The number of halogens is 1. The largest absolute Gasteiger partial charge is 0.292 e. The minimum atomic E-state index is -0.450. The second-order valence-corrected chi connectivity index (χ2v) is 11.7. The van der Waals surface area contributed by atoms with Gasteiger partial charge in [-0.15, -0.1) is 0 Å². The molecule has 8 nitrogen and oxygen atoms in total. The fraction of sp³-hybridized carbons (Fsp3) is 0.538. The van der Waals surface area contributed by atoms with Gasteiger partial charge in [-0.3, -0.25) is 30.2 Å². The quantitative estimate of drug-likeness (QED) is 0.223. The highest BCUT2D eigenvalue weighted by molar-refractivity contribution is 9.10. The molecule has 0 bridgehead atoms. The first kappa shape index (κ1) is 25.4. The summed E-state index contributed by atoms with van der Waals surface area (Å²) in [6, 6.07) is 3.62. The summed E-state index contributed by atoms with van der Waals surface area (Å²) >= 11 is 3.43. The van der Waals surface area contributed by atoms with Crippen LogP contribution >= 0.6 is 15.9 Å². The number of aromatic nitrogens is 1. The molecule has 1 aromatic carbocycles. The third-order valence-corrected chi connectivity index (χ3v) is 8.58. The van der Waals surface area contributed by atoms with Gasteiger partial charge in [0, 0.05) is 46.8 Å². The molecule has 1 fully saturated rings. The Bertz CT molecular complexity index is 1210. The minimum absolute atomic E-state index is 0.0451. The van der Waals surface area contributed by atoms with E-state index in [1.807, 2.05) is 12.3 Å². The van der Waals surface area contributed by atoms with Gasteiger partial charge < -0.3 is 0 Å². The molecule has 3 unspecified atom stereocenters. The van der Waals surface area contributed by atoms with Crippen molar-refractivity contribution in [3.05, 3.63) is 71.5 Å². The van der Waals surface area contributed by atoms with Crippen LogP contribution in [0.2, 0.25) is 0 Å². The SMILES string of the molecule is CC(C)c1c([N+](=O)[O-])cc2c(c1[N+](=O)[O-])CCC1C(C)(CN=Cc3cncc(Br)c3)CCCC21C. The molecule has 186 valence electrons. The number of fused-ring (bicyclic) bond motifs is 3. The lowest BCUT2D eigenvalue weighted by Gasteiger charge is -2.55. The van der Waals surface area contributed by atoms with Crippen molar-refractivity contribution >= 4 is 33.5 Å².